The largest absolute Gasteiger partial charge is 0.330 e. The van der Waals surface area contributed by atoms with E-state index >= 15 is 0 Å². The van der Waals surface area contributed by atoms with Gasteiger partial charge < -0.3 is 11.1 Å². The van der Waals surface area contributed by atoms with Crippen LogP contribution in [0.5, 0.6) is 0 Å². The number of hydrogen-bond acceptors (Lipinski definition) is 2. The van der Waals surface area contributed by atoms with Crippen LogP contribution < -0.4 is 11.1 Å². The van der Waals surface area contributed by atoms with E-state index < -0.39 is 0 Å². The Morgan fingerprint density at radius 3 is 2.18 bits per heavy atom. The van der Waals surface area contributed by atoms with E-state index in [1.165, 1.54) is 6.42 Å². The molecular formula is C9H22N2. The summed E-state index contributed by atoms with van der Waals surface area (Å²) in [5.41, 5.74) is 5.80. The molecule has 0 heterocycles. The Labute approximate surface area is 70.5 Å². The first kappa shape index (κ1) is 10.9. The smallest absolute Gasteiger partial charge is 0.0113 e. The summed E-state index contributed by atoms with van der Waals surface area (Å²) in [7, 11) is 2.02. The third kappa shape index (κ3) is 4.38. The summed E-state index contributed by atoms with van der Waals surface area (Å²) in [4.78, 5) is 0. The second-order valence-corrected chi connectivity index (χ2v) is 4.14. The second kappa shape index (κ2) is 4.73. The third-order valence-electron chi connectivity index (χ3n) is 2.09. The summed E-state index contributed by atoms with van der Waals surface area (Å²) < 4.78 is 0. The van der Waals surface area contributed by atoms with Crippen LogP contribution in [-0.2, 0) is 0 Å². The maximum atomic E-state index is 5.45. The molecule has 0 radical (unpaired) electrons. The van der Waals surface area contributed by atoms with Crippen molar-refractivity contribution in [1.82, 2.24) is 5.32 Å². The minimum absolute atomic E-state index is 0.351. The molecule has 0 aliphatic carbocycles. The second-order valence-electron chi connectivity index (χ2n) is 4.14. The molecule has 0 amide bonds. The van der Waals surface area contributed by atoms with Crippen LogP contribution in [-0.4, -0.2) is 19.6 Å². The first-order valence-corrected chi connectivity index (χ1v) is 4.39. The van der Waals surface area contributed by atoms with E-state index in [0.717, 1.165) is 13.0 Å². The van der Waals surface area contributed by atoms with Gasteiger partial charge in [-0.1, -0.05) is 20.8 Å². The molecule has 0 aromatic rings. The molecule has 3 N–H and O–H groups in total. The molecule has 0 saturated carbocycles. The van der Waals surface area contributed by atoms with Crippen molar-refractivity contribution in [2.75, 3.05) is 13.6 Å². The molecule has 0 spiro atoms. The number of nitrogens with one attached hydrogen (secondary N) is 1. The fraction of sp³-hybridized carbons (Fsp3) is 1.00. The average molecular weight is 158 g/mol. The highest BCUT2D eigenvalue weighted by Crippen LogP contribution is 2.21. The topological polar surface area (TPSA) is 38.0 Å². The molecule has 2 heteroatoms. The Balaban J connectivity index is 3.76. The molecule has 0 rings (SSSR count). The van der Waals surface area contributed by atoms with Crippen molar-refractivity contribution in [3.05, 3.63) is 0 Å². The van der Waals surface area contributed by atoms with Crippen LogP contribution in [0.15, 0.2) is 0 Å². The van der Waals surface area contributed by atoms with E-state index in [0.29, 0.717) is 11.5 Å². The molecule has 0 aliphatic heterocycles. The lowest BCUT2D eigenvalue weighted by Gasteiger charge is -2.30. The molecular weight excluding hydrogens is 136 g/mol. The van der Waals surface area contributed by atoms with Gasteiger partial charge in [0.25, 0.3) is 0 Å². The summed E-state index contributed by atoms with van der Waals surface area (Å²) in [5.74, 6) is 0. The molecule has 1 unspecified atom stereocenters. The van der Waals surface area contributed by atoms with Crippen molar-refractivity contribution in [2.24, 2.45) is 11.1 Å². The predicted octanol–water partition coefficient (Wildman–Crippen LogP) is 1.36. The molecule has 68 valence electrons. The van der Waals surface area contributed by atoms with E-state index in [9.17, 15) is 0 Å². The van der Waals surface area contributed by atoms with E-state index in [2.05, 4.69) is 26.1 Å². The molecule has 0 aromatic carbocycles. The van der Waals surface area contributed by atoms with Crippen LogP contribution in [0.4, 0.5) is 0 Å². The van der Waals surface area contributed by atoms with Gasteiger partial charge in [0, 0.05) is 6.04 Å². The van der Waals surface area contributed by atoms with E-state index in [-0.39, 0.29) is 0 Å². The minimum Gasteiger partial charge on any atom is -0.330 e. The molecule has 2 nitrogen and oxygen atoms in total. The van der Waals surface area contributed by atoms with Crippen LogP contribution in [0.3, 0.4) is 0 Å². The number of hydrogen-bond donors (Lipinski definition) is 2. The minimum atomic E-state index is 0.351. The molecule has 0 aromatic heterocycles. The van der Waals surface area contributed by atoms with Gasteiger partial charge in [-0.05, 0) is 31.8 Å². The lowest BCUT2D eigenvalue weighted by Crippen LogP contribution is -2.38. The van der Waals surface area contributed by atoms with Gasteiger partial charge in [0.05, 0.1) is 0 Å². The van der Waals surface area contributed by atoms with Crippen molar-refractivity contribution in [2.45, 2.75) is 39.7 Å². The van der Waals surface area contributed by atoms with Crippen LogP contribution >= 0.6 is 0 Å². The van der Waals surface area contributed by atoms with Crippen molar-refractivity contribution in [3.63, 3.8) is 0 Å². The Kier molecular flexibility index (Phi) is 4.69. The van der Waals surface area contributed by atoms with Gasteiger partial charge in [-0.25, -0.2) is 0 Å². The quantitative estimate of drug-likeness (QED) is 0.648. The lowest BCUT2D eigenvalue weighted by molar-refractivity contribution is 0.264. The van der Waals surface area contributed by atoms with Gasteiger partial charge >= 0.3 is 0 Å². The summed E-state index contributed by atoms with van der Waals surface area (Å²) in [5, 5.41) is 3.32. The summed E-state index contributed by atoms with van der Waals surface area (Å²) >= 11 is 0. The average Bonchev–Trinajstić information content (AvgIpc) is 1.87. The fourth-order valence-corrected chi connectivity index (χ4v) is 1.33. The van der Waals surface area contributed by atoms with Crippen LogP contribution in [0.2, 0.25) is 0 Å². The van der Waals surface area contributed by atoms with Crippen LogP contribution in [0, 0.1) is 5.41 Å². The molecule has 11 heavy (non-hydrogen) atoms. The molecule has 0 fully saturated rings. The number of rotatable bonds is 4. The highest BCUT2D eigenvalue weighted by molar-refractivity contribution is 4.78. The maximum Gasteiger partial charge on any atom is 0.0113 e. The van der Waals surface area contributed by atoms with Gasteiger partial charge in [-0.3, -0.25) is 0 Å². The van der Waals surface area contributed by atoms with E-state index in [1.807, 2.05) is 7.05 Å². The predicted molar refractivity (Wildman–Crippen MR) is 50.6 cm³/mol. The number of nitrogens with two attached hydrogens (primary N) is 1. The highest BCUT2D eigenvalue weighted by Gasteiger charge is 2.21. The van der Waals surface area contributed by atoms with Gasteiger partial charge in [-0.2, -0.15) is 0 Å². The van der Waals surface area contributed by atoms with Crippen LogP contribution in [0.1, 0.15) is 33.6 Å². The lowest BCUT2D eigenvalue weighted by atomic mass is 9.84. The van der Waals surface area contributed by atoms with E-state index in [1.54, 1.807) is 0 Å². The van der Waals surface area contributed by atoms with Gasteiger partial charge in [0.1, 0.15) is 0 Å². The van der Waals surface area contributed by atoms with Gasteiger partial charge in [0.15, 0.2) is 0 Å². The molecule has 1 atom stereocenters. The Morgan fingerprint density at radius 1 is 1.36 bits per heavy atom. The zero-order valence-corrected chi connectivity index (χ0v) is 8.28. The molecule has 0 aliphatic rings. The summed E-state index contributed by atoms with van der Waals surface area (Å²) in [6.45, 7) is 7.56. The SMILES string of the molecule is CNC(CCCN)C(C)(C)C. The monoisotopic (exact) mass is 158 g/mol. The molecule has 0 bridgehead atoms. The summed E-state index contributed by atoms with van der Waals surface area (Å²) in [6.07, 6.45) is 2.29. The fourth-order valence-electron chi connectivity index (χ4n) is 1.33. The van der Waals surface area contributed by atoms with Gasteiger partial charge in [0.2, 0.25) is 0 Å². The zero-order chi connectivity index (χ0) is 8.91. The van der Waals surface area contributed by atoms with Crippen molar-refractivity contribution in [3.8, 4) is 0 Å². The Morgan fingerprint density at radius 2 is 1.91 bits per heavy atom. The highest BCUT2D eigenvalue weighted by atomic mass is 14.9. The first-order valence-electron chi connectivity index (χ1n) is 4.39. The zero-order valence-electron chi connectivity index (χ0n) is 8.28. The van der Waals surface area contributed by atoms with Crippen LogP contribution in [0.25, 0.3) is 0 Å². The van der Waals surface area contributed by atoms with Crippen molar-refractivity contribution < 1.29 is 0 Å². The Bertz CT molecular complexity index is 94.2. The summed E-state index contributed by atoms with van der Waals surface area (Å²) in [6, 6.07) is 0.589. The maximum absolute atomic E-state index is 5.45. The van der Waals surface area contributed by atoms with Crippen molar-refractivity contribution >= 4 is 0 Å². The normalized spacial score (nSPS) is 15.0. The first-order chi connectivity index (χ1) is 5.02. The third-order valence-corrected chi connectivity index (χ3v) is 2.09. The van der Waals surface area contributed by atoms with E-state index in [4.69, 9.17) is 5.73 Å². The standard InChI is InChI=1S/C9H22N2/c1-9(2,3)8(11-4)6-5-7-10/h8,11H,5-7,10H2,1-4H3. The van der Waals surface area contributed by atoms with Gasteiger partial charge in [-0.15, -0.1) is 0 Å². The van der Waals surface area contributed by atoms with Crippen molar-refractivity contribution in [1.29, 1.82) is 0 Å². The molecule has 0 saturated heterocycles. The Hall–Kier alpha value is -0.0800.